The number of aryl methyl sites for hydroxylation is 1. The van der Waals surface area contributed by atoms with Crippen molar-refractivity contribution in [2.75, 3.05) is 25.5 Å². The van der Waals surface area contributed by atoms with Crippen LogP contribution in [0.4, 0.5) is 5.82 Å². The smallest absolute Gasteiger partial charge is 0.254 e. The Morgan fingerprint density at radius 1 is 1.25 bits per heavy atom. The summed E-state index contributed by atoms with van der Waals surface area (Å²) in [5, 5.41) is 8.36. The topological polar surface area (TPSA) is 78.3 Å². The zero-order valence-electron chi connectivity index (χ0n) is 20.6. The van der Waals surface area contributed by atoms with Gasteiger partial charge in [0.1, 0.15) is 17.0 Å². The summed E-state index contributed by atoms with van der Waals surface area (Å²) in [5.41, 5.74) is 6.21. The number of likely N-dealkylation sites (tertiary alicyclic amines) is 1. The van der Waals surface area contributed by atoms with Crippen LogP contribution in [0.25, 0.3) is 27.8 Å². The molecule has 8 heteroatoms. The number of H-pyrrole nitrogens is 1. The van der Waals surface area contributed by atoms with Crippen molar-refractivity contribution in [1.82, 2.24) is 24.3 Å². The maximum atomic E-state index is 12.8. The van der Waals surface area contributed by atoms with Crippen LogP contribution >= 0.6 is 11.3 Å². The molecule has 0 atom stereocenters. The SMILES string of the molecule is CCCc1cccc2cc(-c3nc(C4CCN(C(=O)c5ccsc5)CC4)n4ccnc(NC)c34)[nH]c12. The highest BCUT2D eigenvalue weighted by molar-refractivity contribution is 7.08. The van der Waals surface area contributed by atoms with Gasteiger partial charge in [-0.2, -0.15) is 11.3 Å². The first-order chi connectivity index (χ1) is 17.7. The lowest BCUT2D eigenvalue weighted by Crippen LogP contribution is -2.38. The molecule has 1 aliphatic heterocycles. The second-order valence-corrected chi connectivity index (χ2v) is 10.2. The number of imidazole rings is 1. The van der Waals surface area contributed by atoms with Gasteiger partial charge in [0.05, 0.1) is 11.3 Å². The first kappa shape index (κ1) is 22.8. The van der Waals surface area contributed by atoms with Gasteiger partial charge in [-0.15, -0.1) is 0 Å². The molecule has 1 aliphatic rings. The predicted octanol–water partition coefficient (Wildman–Crippen LogP) is 5.95. The zero-order valence-corrected chi connectivity index (χ0v) is 21.4. The molecule has 1 fully saturated rings. The number of hydrogen-bond donors (Lipinski definition) is 2. The van der Waals surface area contributed by atoms with Gasteiger partial charge < -0.3 is 15.2 Å². The van der Waals surface area contributed by atoms with Crippen molar-refractivity contribution < 1.29 is 4.79 Å². The Bertz CT molecular complexity index is 1520. The van der Waals surface area contributed by atoms with Crippen LogP contribution < -0.4 is 5.32 Å². The number of aromatic nitrogens is 4. The number of thiophene rings is 1. The largest absolute Gasteiger partial charge is 0.371 e. The maximum absolute atomic E-state index is 12.8. The molecule has 1 aromatic carbocycles. The van der Waals surface area contributed by atoms with E-state index in [1.165, 1.54) is 16.5 Å². The van der Waals surface area contributed by atoms with Gasteiger partial charge >= 0.3 is 0 Å². The molecule has 0 radical (unpaired) electrons. The second kappa shape index (κ2) is 9.43. The van der Waals surface area contributed by atoms with Crippen molar-refractivity contribution in [3.63, 3.8) is 0 Å². The standard InChI is InChI=1S/C28H30N6OS/c1-3-5-18-6-4-7-20-16-22(31-23(18)20)24-25-26(29-2)30-11-14-34(25)27(32-24)19-8-12-33(13-9-19)28(35)21-10-15-36-17-21/h4,6-7,10-11,14-17,19,31H,3,5,8-9,12-13H2,1-2H3,(H,29,30). The molecular formula is C28H30N6OS. The molecule has 184 valence electrons. The Balaban J connectivity index is 1.38. The number of fused-ring (bicyclic) bond motifs is 2. The van der Waals surface area contributed by atoms with E-state index in [1.807, 2.05) is 41.2 Å². The van der Waals surface area contributed by atoms with Gasteiger partial charge in [-0.1, -0.05) is 31.5 Å². The number of para-hydroxylation sites is 1. The van der Waals surface area contributed by atoms with Gasteiger partial charge in [0.15, 0.2) is 5.82 Å². The average Bonchev–Trinajstić information content (AvgIpc) is 3.67. The number of amides is 1. The van der Waals surface area contributed by atoms with Crippen LogP contribution in [-0.4, -0.2) is 50.3 Å². The van der Waals surface area contributed by atoms with Gasteiger partial charge in [-0.25, -0.2) is 9.97 Å². The summed E-state index contributed by atoms with van der Waals surface area (Å²) in [6.07, 6.45) is 7.76. The highest BCUT2D eigenvalue weighted by Crippen LogP contribution is 2.36. The summed E-state index contributed by atoms with van der Waals surface area (Å²) in [4.78, 5) is 28.3. The molecule has 0 aliphatic carbocycles. The molecule has 5 heterocycles. The second-order valence-electron chi connectivity index (χ2n) is 9.46. The van der Waals surface area contributed by atoms with Crippen molar-refractivity contribution >= 4 is 39.5 Å². The monoisotopic (exact) mass is 498 g/mol. The fourth-order valence-electron chi connectivity index (χ4n) is 5.46. The van der Waals surface area contributed by atoms with Crippen molar-refractivity contribution in [3.05, 3.63) is 70.4 Å². The Labute approximate surface area is 214 Å². The number of nitrogens with zero attached hydrogens (tertiary/aromatic N) is 4. The van der Waals surface area contributed by atoms with E-state index in [0.717, 1.165) is 72.9 Å². The number of hydrogen-bond acceptors (Lipinski definition) is 5. The predicted molar refractivity (Wildman–Crippen MR) is 146 cm³/mol. The third-order valence-electron chi connectivity index (χ3n) is 7.25. The summed E-state index contributed by atoms with van der Waals surface area (Å²) in [7, 11) is 1.90. The number of benzene rings is 1. The third-order valence-corrected chi connectivity index (χ3v) is 7.93. The summed E-state index contributed by atoms with van der Waals surface area (Å²) in [6, 6.07) is 10.6. The van der Waals surface area contributed by atoms with Crippen LogP contribution in [0.2, 0.25) is 0 Å². The van der Waals surface area contributed by atoms with E-state index in [4.69, 9.17) is 4.98 Å². The molecule has 4 aromatic heterocycles. The lowest BCUT2D eigenvalue weighted by Gasteiger charge is -2.31. The number of carbonyl (C=O) groups is 1. The van der Waals surface area contributed by atoms with E-state index in [-0.39, 0.29) is 11.8 Å². The normalized spacial score (nSPS) is 14.7. The molecule has 0 saturated carbocycles. The Morgan fingerprint density at radius 3 is 2.86 bits per heavy atom. The van der Waals surface area contributed by atoms with E-state index >= 15 is 0 Å². The number of rotatable bonds is 6. The van der Waals surface area contributed by atoms with E-state index in [2.05, 4.69) is 50.9 Å². The van der Waals surface area contributed by atoms with Crippen molar-refractivity contribution in [3.8, 4) is 11.4 Å². The summed E-state index contributed by atoms with van der Waals surface area (Å²) in [5.74, 6) is 2.24. The first-order valence-electron chi connectivity index (χ1n) is 12.6. The number of carbonyl (C=O) groups excluding carboxylic acids is 1. The molecule has 0 spiro atoms. The summed E-state index contributed by atoms with van der Waals surface area (Å²) in [6.45, 7) is 3.68. The number of piperidine rings is 1. The van der Waals surface area contributed by atoms with Gasteiger partial charge in [-0.3, -0.25) is 9.20 Å². The van der Waals surface area contributed by atoms with Crippen LogP contribution in [0.15, 0.2) is 53.5 Å². The molecule has 2 N–H and O–H groups in total. The molecular weight excluding hydrogens is 468 g/mol. The molecule has 6 rings (SSSR count). The van der Waals surface area contributed by atoms with Gasteiger partial charge in [0.2, 0.25) is 0 Å². The molecule has 1 saturated heterocycles. The molecule has 0 bridgehead atoms. The van der Waals surface area contributed by atoms with E-state index < -0.39 is 0 Å². The number of anilines is 1. The minimum atomic E-state index is 0.131. The minimum Gasteiger partial charge on any atom is -0.371 e. The maximum Gasteiger partial charge on any atom is 0.254 e. The van der Waals surface area contributed by atoms with Crippen molar-refractivity contribution in [2.24, 2.45) is 0 Å². The number of aromatic amines is 1. The summed E-state index contributed by atoms with van der Waals surface area (Å²) >= 11 is 1.56. The zero-order chi connectivity index (χ0) is 24.6. The van der Waals surface area contributed by atoms with Crippen LogP contribution in [-0.2, 0) is 6.42 Å². The fraction of sp³-hybridized carbons (Fsp3) is 0.321. The third kappa shape index (κ3) is 3.86. The highest BCUT2D eigenvalue weighted by Gasteiger charge is 2.29. The fourth-order valence-corrected chi connectivity index (χ4v) is 6.09. The van der Waals surface area contributed by atoms with Crippen molar-refractivity contribution in [2.45, 2.75) is 38.5 Å². The average molecular weight is 499 g/mol. The lowest BCUT2D eigenvalue weighted by atomic mass is 9.95. The Kier molecular flexibility index (Phi) is 5.97. The van der Waals surface area contributed by atoms with Gasteiger partial charge in [0, 0.05) is 54.7 Å². The van der Waals surface area contributed by atoms with Gasteiger partial charge in [-0.05, 0) is 42.3 Å². The Hall–Kier alpha value is -3.65. The minimum absolute atomic E-state index is 0.131. The quantitative estimate of drug-likeness (QED) is 0.303. The van der Waals surface area contributed by atoms with Crippen LogP contribution in [0.3, 0.4) is 0 Å². The molecule has 0 unspecified atom stereocenters. The molecule has 36 heavy (non-hydrogen) atoms. The first-order valence-corrected chi connectivity index (χ1v) is 13.6. The van der Waals surface area contributed by atoms with E-state index in [1.54, 1.807) is 11.3 Å². The van der Waals surface area contributed by atoms with E-state index in [0.29, 0.717) is 0 Å². The van der Waals surface area contributed by atoms with Crippen LogP contribution in [0.1, 0.15) is 53.8 Å². The molecule has 5 aromatic rings. The molecule has 1 amide bonds. The lowest BCUT2D eigenvalue weighted by molar-refractivity contribution is 0.0711. The van der Waals surface area contributed by atoms with Crippen molar-refractivity contribution in [1.29, 1.82) is 0 Å². The summed E-state index contributed by atoms with van der Waals surface area (Å²) < 4.78 is 2.19. The Morgan fingerprint density at radius 2 is 2.11 bits per heavy atom. The van der Waals surface area contributed by atoms with Crippen LogP contribution in [0, 0.1) is 0 Å². The number of nitrogens with one attached hydrogen (secondary N) is 2. The van der Waals surface area contributed by atoms with Crippen LogP contribution in [0.5, 0.6) is 0 Å². The van der Waals surface area contributed by atoms with Gasteiger partial charge in [0.25, 0.3) is 5.91 Å². The highest BCUT2D eigenvalue weighted by atomic mass is 32.1. The van der Waals surface area contributed by atoms with E-state index in [9.17, 15) is 4.79 Å². The molecule has 7 nitrogen and oxygen atoms in total.